The molecule has 0 fully saturated rings. The third-order valence-corrected chi connectivity index (χ3v) is 3.64. The molecule has 5 nitrogen and oxygen atoms in total. The van der Waals surface area contributed by atoms with Crippen molar-refractivity contribution < 1.29 is 14.3 Å². The van der Waals surface area contributed by atoms with Gasteiger partial charge in [0.15, 0.2) is 11.0 Å². The van der Waals surface area contributed by atoms with Gasteiger partial charge in [0.05, 0.1) is 10.7 Å². The van der Waals surface area contributed by atoms with Gasteiger partial charge in [0.2, 0.25) is 5.91 Å². The fraction of sp³-hybridized carbons (Fsp3) is 0.0588. The van der Waals surface area contributed by atoms with E-state index in [9.17, 15) is 14.7 Å². The van der Waals surface area contributed by atoms with Crippen molar-refractivity contribution in [1.82, 2.24) is 0 Å². The Kier molecular flexibility index (Phi) is 3.80. The molecule has 2 aromatic carbocycles. The predicted molar refractivity (Wildman–Crippen MR) is 88.9 cm³/mol. The van der Waals surface area contributed by atoms with Crippen molar-refractivity contribution in [1.29, 1.82) is 0 Å². The lowest BCUT2D eigenvalue weighted by Crippen LogP contribution is -2.08. The molecule has 0 unspecified atom stereocenters. The van der Waals surface area contributed by atoms with Crippen LogP contribution in [0.25, 0.3) is 22.3 Å². The van der Waals surface area contributed by atoms with Gasteiger partial charge in [-0.15, -0.1) is 0 Å². The highest BCUT2D eigenvalue weighted by Crippen LogP contribution is 2.34. The van der Waals surface area contributed by atoms with Crippen LogP contribution >= 0.6 is 11.6 Å². The van der Waals surface area contributed by atoms with Crippen LogP contribution in [0.4, 0.5) is 5.69 Å². The number of phenolic OH excluding ortho intramolecular Hbond substituents is 1. The summed E-state index contributed by atoms with van der Waals surface area (Å²) in [6, 6.07) is 11.0. The summed E-state index contributed by atoms with van der Waals surface area (Å²) in [6.45, 7) is 1.34. The minimum atomic E-state index is -0.425. The Hall–Kier alpha value is -2.79. The molecule has 116 valence electrons. The van der Waals surface area contributed by atoms with Crippen LogP contribution in [0.15, 0.2) is 51.7 Å². The lowest BCUT2D eigenvalue weighted by atomic mass is 10.1. The first-order chi connectivity index (χ1) is 11.0. The first-order valence-corrected chi connectivity index (χ1v) is 7.17. The first kappa shape index (κ1) is 15.1. The maximum absolute atomic E-state index is 12.4. The first-order valence-electron chi connectivity index (χ1n) is 6.79. The molecule has 1 amide bonds. The molecule has 23 heavy (non-hydrogen) atoms. The molecule has 3 aromatic rings. The minimum Gasteiger partial charge on any atom is -0.507 e. The summed E-state index contributed by atoms with van der Waals surface area (Å²) >= 11 is 6.14. The number of halogens is 1. The lowest BCUT2D eigenvalue weighted by Gasteiger charge is -2.10. The predicted octanol–water partition coefficient (Wildman–Crippen LogP) is 3.78. The molecular weight excluding hydrogens is 318 g/mol. The van der Waals surface area contributed by atoms with Crippen molar-refractivity contribution in [2.75, 3.05) is 5.32 Å². The van der Waals surface area contributed by atoms with Crippen molar-refractivity contribution in [2.24, 2.45) is 0 Å². The van der Waals surface area contributed by atoms with Gasteiger partial charge in [-0.2, -0.15) is 0 Å². The second kappa shape index (κ2) is 5.78. The van der Waals surface area contributed by atoms with E-state index in [4.69, 9.17) is 16.0 Å². The molecule has 0 atom stereocenters. The molecule has 0 aliphatic carbocycles. The second-order valence-corrected chi connectivity index (χ2v) is 5.38. The van der Waals surface area contributed by atoms with Gasteiger partial charge in [-0.3, -0.25) is 9.59 Å². The highest BCUT2D eigenvalue weighted by Gasteiger charge is 2.16. The molecule has 0 aliphatic heterocycles. The Bertz CT molecular complexity index is 978. The average Bonchev–Trinajstić information content (AvgIpc) is 2.49. The molecule has 1 heterocycles. The van der Waals surface area contributed by atoms with Crippen LogP contribution in [0.3, 0.4) is 0 Å². The standard InChI is InChI=1S/C17H12ClNO4/c1-9(20)19-12-6-7-13(21)16-14(22)8-15(23-17(12)16)10-4-2-3-5-11(10)18/h2-8,21H,1H3,(H,19,20). The normalized spacial score (nSPS) is 10.7. The molecule has 0 radical (unpaired) electrons. The van der Waals surface area contributed by atoms with Gasteiger partial charge >= 0.3 is 0 Å². The highest BCUT2D eigenvalue weighted by molar-refractivity contribution is 6.33. The van der Waals surface area contributed by atoms with Gasteiger partial charge in [-0.25, -0.2) is 0 Å². The number of aromatic hydroxyl groups is 1. The second-order valence-electron chi connectivity index (χ2n) is 4.97. The molecule has 0 spiro atoms. The Morgan fingerprint density at radius 2 is 1.96 bits per heavy atom. The van der Waals surface area contributed by atoms with E-state index in [2.05, 4.69) is 5.32 Å². The van der Waals surface area contributed by atoms with E-state index in [0.29, 0.717) is 16.3 Å². The van der Waals surface area contributed by atoms with Crippen LogP contribution in [0, 0.1) is 0 Å². The smallest absolute Gasteiger partial charge is 0.221 e. The fourth-order valence-corrected chi connectivity index (χ4v) is 2.56. The largest absolute Gasteiger partial charge is 0.507 e. The van der Waals surface area contributed by atoms with E-state index in [0.717, 1.165) is 0 Å². The summed E-state index contributed by atoms with van der Waals surface area (Å²) in [4.78, 5) is 23.7. The number of amides is 1. The van der Waals surface area contributed by atoms with E-state index in [1.54, 1.807) is 24.3 Å². The van der Waals surface area contributed by atoms with Gasteiger partial charge in [0, 0.05) is 18.6 Å². The number of hydrogen-bond donors (Lipinski definition) is 2. The number of hydrogen-bond acceptors (Lipinski definition) is 4. The van der Waals surface area contributed by atoms with Gasteiger partial charge < -0.3 is 14.8 Å². The van der Waals surface area contributed by atoms with Crippen LogP contribution < -0.4 is 10.7 Å². The number of rotatable bonds is 2. The molecular formula is C17H12ClNO4. The van der Waals surface area contributed by atoms with Gasteiger partial charge in [0.1, 0.15) is 16.9 Å². The van der Waals surface area contributed by atoms with Crippen molar-refractivity contribution in [3.63, 3.8) is 0 Å². The van der Waals surface area contributed by atoms with Gasteiger partial charge in [-0.1, -0.05) is 23.7 Å². The number of anilines is 1. The van der Waals surface area contributed by atoms with Crippen molar-refractivity contribution >= 4 is 34.2 Å². The molecule has 3 rings (SSSR count). The van der Waals surface area contributed by atoms with Gasteiger partial charge in [-0.05, 0) is 24.3 Å². The van der Waals surface area contributed by atoms with E-state index >= 15 is 0 Å². The summed E-state index contributed by atoms with van der Waals surface area (Å²) in [6.07, 6.45) is 0. The number of phenols is 1. The van der Waals surface area contributed by atoms with Crippen LogP contribution in [0.5, 0.6) is 5.75 Å². The monoisotopic (exact) mass is 329 g/mol. The molecule has 1 aromatic heterocycles. The maximum Gasteiger partial charge on any atom is 0.221 e. The number of nitrogens with one attached hydrogen (secondary N) is 1. The van der Waals surface area contributed by atoms with Crippen LogP contribution in [-0.4, -0.2) is 11.0 Å². The highest BCUT2D eigenvalue weighted by atomic mass is 35.5. The Balaban J connectivity index is 2.34. The zero-order valence-electron chi connectivity index (χ0n) is 12.1. The van der Waals surface area contributed by atoms with E-state index < -0.39 is 5.43 Å². The number of carbonyl (C=O) groups excluding carboxylic acids is 1. The minimum absolute atomic E-state index is 0.00653. The number of benzene rings is 2. The van der Waals surface area contributed by atoms with E-state index in [1.165, 1.54) is 25.1 Å². The Morgan fingerprint density at radius 1 is 1.22 bits per heavy atom. The summed E-state index contributed by atoms with van der Waals surface area (Å²) in [7, 11) is 0. The summed E-state index contributed by atoms with van der Waals surface area (Å²) in [5.74, 6) is -0.276. The van der Waals surface area contributed by atoms with Crippen molar-refractivity contribution in [3.8, 4) is 17.1 Å². The van der Waals surface area contributed by atoms with Gasteiger partial charge in [0.25, 0.3) is 0 Å². The quantitative estimate of drug-likeness (QED) is 0.701. The Morgan fingerprint density at radius 3 is 2.65 bits per heavy atom. The molecule has 0 saturated heterocycles. The SMILES string of the molecule is CC(=O)Nc1ccc(O)c2c(=O)cc(-c3ccccc3Cl)oc12. The van der Waals surface area contributed by atoms with Crippen molar-refractivity contribution in [3.05, 3.63) is 57.7 Å². The van der Waals surface area contributed by atoms with Crippen LogP contribution in [-0.2, 0) is 4.79 Å². The number of carbonyl (C=O) groups is 1. The average molecular weight is 330 g/mol. The molecule has 6 heteroatoms. The van der Waals surface area contributed by atoms with E-state index in [-0.39, 0.29) is 28.4 Å². The topological polar surface area (TPSA) is 79.5 Å². The zero-order chi connectivity index (χ0) is 16.6. The lowest BCUT2D eigenvalue weighted by molar-refractivity contribution is -0.114. The molecule has 2 N–H and O–H groups in total. The summed E-state index contributed by atoms with van der Waals surface area (Å²) < 4.78 is 5.76. The molecule has 0 bridgehead atoms. The van der Waals surface area contributed by atoms with Crippen LogP contribution in [0.2, 0.25) is 5.02 Å². The summed E-state index contributed by atoms with van der Waals surface area (Å²) in [5, 5.41) is 12.9. The third kappa shape index (κ3) is 2.78. The summed E-state index contributed by atoms with van der Waals surface area (Å²) in [5.41, 5.74) is 0.523. The molecule has 0 saturated carbocycles. The fourth-order valence-electron chi connectivity index (χ4n) is 2.33. The van der Waals surface area contributed by atoms with Crippen molar-refractivity contribution in [2.45, 2.75) is 6.92 Å². The zero-order valence-corrected chi connectivity index (χ0v) is 12.8. The molecule has 0 aliphatic rings. The maximum atomic E-state index is 12.4. The number of fused-ring (bicyclic) bond motifs is 1. The Labute approximate surface area is 136 Å². The van der Waals surface area contributed by atoms with E-state index in [1.807, 2.05) is 0 Å². The third-order valence-electron chi connectivity index (χ3n) is 3.31. The van der Waals surface area contributed by atoms with Crippen LogP contribution in [0.1, 0.15) is 6.92 Å².